The van der Waals surface area contributed by atoms with Crippen molar-refractivity contribution < 1.29 is 13.6 Å². The smallest absolute Gasteiger partial charge is 0.232 e. The van der Waals surface area contributed by atoms with Gasteiger partial charge in [0.2, 0.25) is 5.91 Å². The van der Waals surface area contributed by atoms with Crippen LogP contribution in [0.15, 0.2) is 18.2 Å². The highest BCUT2D eigenvalue weighted by Crippen LogP contribution is 2.36. The molecule has 0 N–H and O–H groups in total. The second kappa shape index (κ2) is 6.88. The number of carbonyl (C=O) groups excluding carboxylic acids is 1. The third-order valence-corrected chi connectivity index (χ3v) is 5.93. The Kier molecular flexibility index (Phi) is 4.65. The highest BCUT2D eigenvalue weighted by Gasteiger charge is 2.38. The number of likely N-dealkylation sites (tertiary alicyclic amines) is 1. The summed E-state index contributed by atoms with van der Waals surface area (Å²) in [5.41, 5.74) is 1.79. The molecule has 0 spiro atoms. The predicted molar refractivity (Wildman–Crippen MR) is 102 cm³/mol. The lowest BCUT2D eigenvalue weighted by Crippen LogP contribution is -2.45. The van der Waals surface area contributed by atoms with Crippen molar-refractivity contribution in [3.05, 3.63) is 52.5 Å². The third kappa shape index (κ3) is 3.28. The molecule has 1 amide bonds. The summed E-state index contributed by atoms with van der Waals surface area (Å²) >= 11 is 0. The van der Waals surface area contributed by atoms with Gasteiger partial charge in [0, 0.05) is 42.4 Å². The fourth-order valence-electron chi connectivity index (χ4n) is 4.29. The van der Waals surface area contributed by atoms with E-state index in [0.29, 0.717) is 30.9 Å². The van der Waals surface area contributed by atoms with Crippen molar-refractivity contribution in [1.29, 1.82) is 0 Å². The minimum absolute atomic E-state index is 0.0292. The van der Waals surface area contributed by atoms with E-state index in [1.807, 2.05) is 6.92 Å². The van der Waals surface area contributed by atoms with Crippen LogP contribution in [0.25, 0.3) is 0 Å². The van der Waals surface area contributed by atoms with Gasteiger partial charge in [-0.25, -0.2) is 18.7 Å². The second-order valence-electron chi connectivity index (χ2n) is 8.17. The van der Waals surface area contributed by atoms with Crippen molar-refractivity contribution in [2.75, 3.05) is 25.0 Å². The quantitative estimate of drug-likeness (QED) is 0.813. The fraction of sp³-hybridized carbons (Fsp3) is 0.476. The van der Waals surface area contributed by atoms with Gasteiger partial charge >= 0.3 is 0 Å². The number of rotatable bonds is 3. The number of anilines is 1. The van der Waals surface area contributed by atoms with Gasteiger partial charge in [0.05, 0.1) is 6.42 Å². The van der Waals surface area contributed by atoms with Crippen LogP contribution < -0.4 is 4.90 Å². The standard InChI is InChI=1S/C21H24F2N4O/c1-13-16-10-18(28)26(3)19(16)25-20(24-13)21(2)7-4-8-27(12-21)11-14-9-15(22)5-6-17(14)23/h5-6,9H,4,7-8,10-12H2,1-3H3. The summed E-state index contributed by atoms with van der Waals surface area (Å²) in [6.45, 7) is 5.84. The Morgan fingerprint density at radius 3 is 2.82 bits per heavy atom. The largest absolute Gasteiger partial charge is 0.299 e. The van der Waals surface area contributed by atoms with Crippen LogP contribution in [0.3, 0.4) is 0 Å². The number of benzene rings is 1. The minimum Gasteiger partial charge on any atom is -0.299 e. The lowest BCUT2D eigenvalue weighted by atomic mass is 9.80. The van der Waals surface area contributed by atoms with Crippen LogP contribution in [0, 0.1) is 18.6 Å². The number of nitrogens with zero attached hydrogens (tertiary/aromatic N) is 4. The molecule has 0 bridgehead atoms. The highest BCUT2D eigenvalue weighted by atomic mass is 19.1. The number of hydrogen-bond donors (Lipinski definition) is 0. The average molecular weight is 386 g/mol. The molecule has 0 radical (unpaired) electrons. The molecular weight excluding hydrogens is 362 g/mol. The summed E-state index contributed by atoms with van der Waals surface area (Å²) in [5.74, 6) is 0.623. The van der Waals surface area contributed by atoms with Gasteiger partial charge in [0.15, 0.2) is 0 Å². The van der Waals surface area contributed by atoms with E-state index in [9.17, 15) is 13.6 Å². The van der Waals surface area contributed by atoms with E-state index in [2.05, 4.69) is 11.8 Å². The fourth-order valence-corrected chi connectivity index (χ4v) is 4.29. The highest BCUT2D eigenvalue weighted by molar-refractivity contribution is 5.99. The molecule has 148 valence electrons. The van der Waals surface area contributed by atoms with Gasteiger partial charge in [-0.3, -0.25) is 14.6 Å². The molecule has 7 heteroatoms. The van der Waals surface area contributed by atoms with Crippen LogP contribution in [0.5, 0.6) is 0 Å². The van der Waals surface area contributed by atoms with Gasteiger partial charge in [-0.15, -0.1) is 0 Å². The molecule has 2 aliphatic heterocycles. The summed E-state index contributed by atoms with van der Waals surface area (Å²) in [6.07, 6.45) is 2.17. The molecule has 28 heavy (non-hydrogen) atoms. The number of halogens is 2. The van der Waals surface area contributed by atoms with Crippen LogP contribution >= 0.6 is 0 Å². The molecule has 4 rings (SSSR count). The number of amides is 1. The van der Waals surface area contributed by atoms with Crippen molar-refractivity contribution in [3.8, 4) is 0 Å². The molecule has 1 aromatic heterocycles. The summed E-state index contributed by atoms with van der Waals surface area (Å²) in [5, 5.41) is 0. The zero-order valence-electron chi connectivity index (χ0n) is 16.4. The number of likely N-dealkylation sites (N-methyl/N-ethyl adjacent to an activating group) is 1. The van der Waals surface area contributed by atoms with E-state index in [4.69, 9.17) is 9.97 Å². The lowest BCUT2D eigenvalue weighted by Gasteiger charge is -2.39. The van der Waals surface area contributed by atoms with Crippen molar-refractivity contribution in [1.82, 2.24) is 14.9 Å². The molecule has 0 aliphatic carbocycles. The number of hydrogen-bond acceptors (Lipinski definition) is 4. The molecule has 0 saturated carbocycles. The van der Waals surface area contributed by atoms with Crippen LogP contribution in [0.2, 0.25) is 0 Å². The number of aryl methyl sites for hydroxylation is 1. The maximum absolute atomic E-state index is 14.1. The Morgan fingerprint density at radius 2 is 2.04 bits per heavy atom. The van der Waals surface area contributed by atoms with Gasteiger partial charge in [-0.1, -0.05) is 6.92 Å². The average Bonchev–Trinajstić information content (AvgIpc) is 2.94. The summed E-state index contributed by atoms with van der Waals surface area (Å²) in [4.78, 5) is 25.3. The van der Waals surface area contributed by atoms with E-state index < -0.39 is 11.6 Å². The van der Waals surface area contributed by atoms with E-state index in [1.54, 1.807) is 11.9 Å². The van der Waals surface area contributed by atoms with E-state index in [0.717, 1.165) is 42.5 Å². The van der Waals surface area contributed by atoms with Crippen molar-refractivity contribution in [2.24, 2.45) is 0 Å². The third-order valence-electron chi connectivity index (χ3n) is 5.93. The van der Waals surface area contributed by atoms with Crippen molar-refractivity contribution in [3.63, 3.8) is 0 Å². The predicted octanol–water partition coefficient (Wildman–Crippen LogP) is 3.14. The first-order valence-electron chi connectivity index (χ1n) is 9.58. The first kappa shape index (κ1) is 18.9. The van der Waals surface area contributed by atoms with Crippen LogP contribution in [-0.2, 0) is 23.2 Å². The molecule has 5 nitrogen and oxygen atoms in total. The van der Waals surface area contributed by atoms with Gasteiger partial charge < -0.3 is 0 Å². The molecule has 1 fully saturated rings. The number of aromatic nitrogens is 2. The normalized spacial score (nSPS) is 22.6. The monoisotopic (exact) mass is 386 g/mol. The molecule has 1 unspecified atom stereocenters. The molecule has 1 atom stereocenters. The molecule has 3 heterocycles. The topological polar surface area (TPSA) is 49.3 Å². The Labute approximate surface area is 163 Å². The summed E-state index contributed by atoms with van der Waals surface area (Å²) in [7, 11) is 1.74. The maximum atomic E-state index is 14.1. The van der Waals surface area contributed by atoms with Gasteiger partial charge in [0.25, 0.3) is 0 Å². The molecule has 1 saturated heterocycles. The molecular formula is C21H24F2N4O. The van der Waals surface area contributed by atoms with Crippen molar-refractivity contribution >= 4 is 11.7 Å². The number of fused-ring (bicyclic) bond motifs is 1. The molecule has 2 aromatic rings. The number of piperidine rings is 1. The minimum atomic E-state index is -0.429. The Morgan fingerprint density at radius 1 is 1.25 bits per heavy atom. The van der Waals surface area contributed by atoms with Crippen molar-refractivity contribution in [2.45, 2.75) is 45.1 Å². The van der Waals surface area contributed by atoms with Crippen LogP contribution in [-0.4, -0.2) is 40.9 Å². The zero-order valence-corrected chi connectivity index (χ0v) is 16.4. The Balaban J connectivity index is 1.61. The summed E-state index contributed by atoms with van der Waals surface area (Å²) in [6, 6.07) is 3.57. The Bertz CT molecular complexity index is 948. The SMILES string of the molecule is Cc1nc(C2(C)CCCN(Cc3cc(F)ccc3F)C2)nc2c1CC(=O)N2C. The molecule has 2 aliphatic rings. The summed E-state index contributed by atoms with van der Waals surface area (Å²) < 4.78 is 27.6. The first-order chi connectivity index (χ1) is 13.3. The molecule has 1 aromatic carbocycles. The first-order valence-corrected chi connectivity index (χ1v) is 9.58. The maximum Gasteiger partial charge on any atom is 0.232 e. The number of carbonyl (C=O) groups is 1. The van der Waals surface area contributed by atoms with E-state index >= 15 is 0 Å². The van der Waals surface area contributed by atoms with Gasteiger partial charge in [-0.2, -0.15) is 0 Å². The van der Waals surface area contributed by atoms with E-state index in [-0.39, 0.29) is 11.3 Å². The lowest BCUT2D eigenvalue weighted by molar-refractivity contribution is -0.117. The van der Waals surface area contributed by atoms with Crippen LogP contribution in [0.1, 0.15) is 42.4 Å². The second-order valence-corrected chi connectivity index (χ2v) is 8.17. The van der Waals surface area contributed by atoms with Crippen LogP contribution in [0.4, 0.5) is 14.6 Å². The zero-order chi connectivity index (χ0) is 20.1. The van der Waals surface area contributed by atoms with E-state index in [1.165, 1.54) is 12.1 Å². The Hall–Kier alpha value is -2.41. The van der Waals surface area contributed by atoms with Gasteiger partial charge in [-0.05, 0) is 44.5 Å². The van der Waals surface area contributed by atoms with Gasteiger partial charge in [0.1, 0.15) is 23.3 Å².